The zero-order valence-electron chi connectivity index (χ0n) is 12.9. The first-order valence-electron chi connectivity index (χ1n) is 7.37. The van der Waals surface area contributed by atoms with Crippen LogP contribution in [0.25, 0.3) is 11.0 Å². The third-order valence-corrected chi connectivity index (χ3v) is 5.08. The van der Waals surface area contributed by atoms with Gasteiger partial charge in [0.05, 0.1) is 18.5 Å². The van der Waals surface area contributed by atoms with Crippen molar-refractivity contribution in [1.29, 1.82) is 0 Å². The maximum atomic E-state index is 6.13. The van der Waals surface area contributed by atoms with Gasteiger partial charge in [0.25, 0.3) is 0 Å². The van der Waals surface area contributed by atoms with Crippen molar-refractivity contribution in [3.63, 3.8) is 0 Å². The first-order chi connectivity index (χ1) is 10.1. The van der Waals surface area contributed by atoms with E-state index >= 15 is 0 Å². The minimum Gasteiger partial charge on any atom is -0.494 e. The highest BCUT2D eigenvalue weighted by Crippen LogP contribution is 2.39. The van der Waals surface area contributed by atoms with Gasteiger partial charge in [-0.15, -0.1) is 11.6 Å². The smallest absolute Gasteiger partial charge is 0.146 e. The summed E-state index contributed by atoms with van der Waals surface area (Å²) in [5, 5.41) is 0. The number of aromatic nitrogens is 2. The highest BCUT2D eigenvalue weighted by atomic mass is 35.5. The van der Waals surface area contributed by atoms with Gasteiger partial charge in [-0.1, -0.05) is 6.07 Å². The molecule has 1 aromatic carbocycles. The summed E-state index contributed by atoms with van der Waals surface area (Å²) in [4.78, 5) is 7.04. The first kappa shape index (κ1) is 14.7. The van der Waals surface area contributed by atoms with Gasteiger partial charge in [-0.2, -0.15) is 0 Å². The van der Waals surface area contributed by atoms with Crippen LogP contribution >= 0.6 is 11.6 Å². The quantitative estimate of drug-likeness (QED) is 0.794. The number of alkyl halides is 1. The second-order valence-electron chi connectivity index (χ2n) is 6.05. The van der Waals surface area contributed by atoms with E-state index in [1.54, 1.807) is 7.11 Å². The Hall–Kier alpha value is -1.26. The van der Waals surface area contributed by atoms with E-state index in [4.69, 9.17) is 21.3 Å². The first-order valence-corrected chi connectivity index (χ1v) is 7.90. The lowest BCUT2D eigenvalue weighted by Gasteiger charge is -2.47. The molecule has 21 heavy (non-hydrogen) atoms. The minimum atomic E-state index is 0.234. The van der Waals surface area contributed by atoms with Gasteiger partial charge in [0.2, 0.25) is 0 Å². The Morgan fingerprint density at radius 2 is 2.14 bits per heavy atom. The van der Waals surface area contributed by atoms with Crippen molar-refractivity contribution in [1.82, 2.24) is 14.5 Å². The maximum absolute atomic E-state index is 6.13. The molecule has 2 aromatic rings. The molecule has 5 heteroatoms. The molecule has 0 radical (unpaired) electrons. The number of rotatable bonds is 5. The van der Waals surface area contributed by atoms with E-state index in [9.17, 15) is 0 Å². The van der Waals surface area contributed by atoms with Crippen LogP contribution in [0.2, 0.25) is 0 Å². The van der Waals surface area contributed by atoms with Crippen LogP contribution in [0.3, 0.4) is 0 Å². The van der Waals surface area contributed by atoms with Gasteiger partial charge >= 0.3 is 0 Å². The molecular formula is C16H22ClN3O. The van der Waals surface area contributed by atoms with Gasteiger partial charge in [-0.05, 0) is 45.5 Å². The molecule has 0 N–H and O–H groups in total. The molecule has 3 rings (SSSR count). The average Bonchev–Trinajstić information content (AvgIpc) is 2.79. The average molecular weight is 308 g/mol. The highest BCUT2D eigenvalue weighted by Gasteiger charge is 2.40. The third kappa shape index (κ3) is 2.30. The summed E-state index contributed by atoms with van der Waals surface area (Å²) >= 11 is 6.13. The number of nitrogens with zero attached hydrogens (tertiary/aromatic N) is 3. The number of imidazole rings is 1. The summed E-state index contributed by atoms with van der Waals surface area (Å²) in [5.41, 5.74) is 2.25. The number of benzene rings is 1. The van der Waals surface area contributed by atoms with E-state index in [-0.39, 0.29) is 5.54 Å². The van der Waals surface area contributed by atoms with Gasteiger partial charge in [0.15, 0.2) is 0 Å². The molecular weight excluding hydrogens is 286 g/mol. The molecule has 0 atom stereocenters. The van der Waals surface area contributed by atoms with Gasteiger partial charge in [0.1, 0.15) is 17.1 Å². The summed E-state index contributed by atoms with van der Waals surface area (Å²) in [6, 6.07) is 6.06. The van der Waals surface area contributed by atoms with Crippen molar-refractivity contribution < 1.29 is 4.74 Å². The lowest BCUT2D eigenvalue weighted by molar-refractivity contribution is 0.0429. The normalized spacial score (nSPS) is 17.2. The van der Waals surface area contributed by atoms with E-state index in [0.717, 1.165) is 29.2 Å². The molecule has 1 aromatic heterocycles. The number of halogens is 1. The SMILES string of the molecule is COc1cccc2c1nc(CCl)n2CC1(N(C)C)CCC1. The van der Waals surface area contributed by atoms with Gasteiger partial charge in [-0.25, -0.2) is 4.98 Å². The highest BCUT2D eigenvalue weighted by molar-refractivity contribution is 6.16. The van der Waals surface area contributed by atoms with Crippen LogP contribution < -0.4 is 4.74 Å². The summed E-state index contributed by atoms with van der Waals surface area (Å²) in [7, 11) is 6.01. The Bertz CT molecular complexity index is 646. The van der Waals surface area contributed by atoms with Crippen molar-refractivity contribution in [3.05, 3.63) is 24.0 Å². The van der Waals surface area contributed by atoms with Gasteiger partial charge in [0, 0.05) is 12.1 Å². The number of hydrogen-bond donors (Lipinski definition) is 0. The standard InChI is InChI=1S/C16H22ClN3O/c1-19(2)16(8-5-9-16)11-20-12-6-4-7-13(21-3)15(12)18-14(20)10-17/h4,6-7H,5,8-11H2,1-3H3. The Morgan fingerprint density at radius 1 is 1.38 bits per heavy atom. The van der Waals surface area contributed by atoms with E-state index in [1.165, 1.54) is 19.3 Å². The fraction of sp³-hybridized carbons (Fsp3) is 0.562. The largest absolute Gasteiger partial charge is 0.494 e. The molecule has 114 valence electrons. The van der Waals surface area contributed by atoms with Crippen LogP contribution in [0.4, 0.5) is 0 Å². The van der Waals surface area contributed by atoms with Crippen LogP contribution in [0.15, 0.2) is 18.2 Å². The molecule has 4 nitrogen and oxygen atoms in total. The second-order valence-corrected chi connectivity index (χ2v) is 6.32. The summed E-state index contributed by atoms with van der Waals surface area (Å²) in [6.07, 6.45) is 3.75. The molecule has 0 amide bonds. The Kier molecular flexibility index (Phi) is 3.84. The van der Waals surface area contributed by atoms with Crippen LogP contribution in [0.1, 0.15) is 25.1 Å². The minimum absolute atomic E-state index is 0.234. The van der Waals surface area contributed by atoms with E-state index < -0.39 is 0 Å². The van der Waals surface area contributed by atoms with Crippen LogP contribution in [0, 0.1) is 0 Å². The molecule has 1 saturated carbocycles. The number of ether oxygens (including phenoxy) is 1. The fourth-order valence-electron chi connectivity index (χ4n) is 3.24. The molecule has 1 fully saturated rings. The fourth-order valence-corrected chi connectivity index (χ4v) is 3.44. The predicted molar refractivity (Wildman–Crippen MR) is 86.1 cm³/mol. The van der Waals surface area contributed by atoms with Crippen molar-refractivity contribution in [3.8, 4) is 5.75 Å². The summed E-state index contributed by atoms with van der Waals surface area (Å²) in [6.45, 7) is 0.936. The van der Waals surface area contributed by atoms with Crippen molar-refractivity contribution in [2.24, 2.45) is 0 Å². The second kappa shape index (κ2) is 5.50. The number of fused-ring (bicyclic) bond motifs is 1. The molecule has 1 aliphatic carbocycles. The maximum Gasteiger partial charge on any atom is 0.146 e. The van der Waals surface area contributed by atoms with Gasteiger partial charge in [-0.3, -0.25) is 0 Å². The summed E-state index contributed by atoms with van der Waals surface area (Å²) < 4.78 is 7.70. The number of methoxy groups -OCH3 is 1. The van der Waals surface area contributed by atoms with Crippen molar-refractivity contribution in [2.75, 3.05) is 21.2 Å². The van der Waals surface area contributed by atoms with Crippen molar-refractivity contribution >= 4 is 22.6 Å². The molecule has 0 aliphatic heterocycles. The van der Waals surface area contributed by atoms with E-state index in [0.29, 0.717) is 5.88 Å². The topological polar surface area (TPSA) is 30.3 Å². The van der Waals surface area contributed by atoms with E-state index in [1.807, 2.05) is 12.1 Å². The third-order valence-electron chi connectivity index (χ3n) is 4.85. The van der Waals surface area contributed by atoms with Crippen LogP contribution in [-0.4, -0.2) is 41.2 Å². The molecule has 1 aliphatic rings. The lowest BCUT2D eigenvalue weighted by Crippen LogP contribution is -2.53. The molecule has 1 heterocycles. The van der Waals surface area contributed by atoms with Crippen LogP contribution in [0.5, 0.6) is 5.75 Å². The monoisotopic (exact) mass is 307 g/mol. The van der Waals surface area contributed by atoms with E-state index in [2.05, 4.69) is 29.6 Å². The van der Waals surface area contributed by atoms with Crippen LogP contribution in [-0.2, 0) is 12.4 Å². The summed E-state index contributed by atoms with van der Waals surface area (Å²) in [5.74, 6) is 2.15. The Morgan fingerprint density at radius 3 is 2.67 bits per heavy atom. The number of hydrogen-bond acceptors (Lipinski definition) is 3. The Balaban J connectivity index is 2.09. The zero-order valence-corrected chi connectivity index (χ0v) is 13.7. The Labute approximate surface area is 130 Å². The number of likely N-dealkylation sites (N-methyl/N-ethyl adjacent to an activating group) is 1. The lowest BCUT2D eigenvalue weighted by atomic mass is 9.75. The van der Waals surface area contributed by atoms with Crippen molar-refractivity contribution in [2.45, 2.75) is 37.2 Å². The molecule has 0 unspecified atom stereocenters. The molecule has 0 spiro atoms. The predicted octanol–water partition coefficient (Wildman–Crippen LogP) is 3.27. The van der Waals surface area contributed by atoms with Gasteiger partial charge < -0.3 is 14.2 Å². The number of para-hydroxylation sites is 1. The molecule has 0 saturated heterocycles. The zero-order chi connectivity index (χ0) is 15.0. The molecule has 0 bridgehead atoms.